The third-order valence-corrected chi connectivity index (χ3v) is 5.02. The van der Waals surface area contributed by atoms with Gasteiger partial charge in [-0.25, -0.2) is 0 Å². The van der Waals surface area contributed by atoms with Crippen molar-refractivity contribution in [1.29, 1.82) is 0 Å². The van der Waals surface area contributed by atoms with Crippen molar-refractivity contribution in [1.82, 2.24) is 10.2 Å². The van der Waals surface area contributed by atoms with Gasteiger partial charge in [-0.15, -0.1) is 12.4 Å². The lowest BCUT2D eigenvalue weighted by atomic mass is 9.90. The summed E-state index contributed by atoms with van der Waals surface area (Å²) in [5.41, 5.74) is 1.41. The number of halogens is 2. The number of likely N-dealkylation sites (tertiary alicyclic amines) is 1. The Hall–Kier alpha value is -0.280. The molecule has 3 unspecified atom stereocenters. The standard InChI is InChI=1S/C16H23ClN2.ClH/c1-2-16(12-3-5-14(17)6-4-12)19-10-8-15-13(11-19)7-9-18-15;/h3-6,13,15-16,18H,2,7-11H2,1H3;1H. The van der Waals surface area contributed by atoms with Crippen molar-refractivity contribution in [3.8, 4) is 0 Å². The minimum Gasteiger partial charge on any atom is -0.314 e. The van der Waals surface area contributed by atoms with E-state index in [-0.39, 0.29) is 12.4 Å². The maximum atomic E-state index is 6.00. The first-order valence-electron chi connectivity index (χ1n) is 7.51. The third-order valence-electron chi connectivity index (χ3n) is 4.77. The Morgan fingerprint density at radius 2 is 2.05 bits per heavy atom. The largest absolute Gasteiger partial charge is 0.314 e. The van der Waals surface area contributed by atoms with Gasteiger partial charge in [-0.1, -0.05) is 30.7 Å². The molecular formula is C16H24Cl2N2. The summed E-state index contributed by atoms with van der Waals surface area (Å²) in [6.45, 7) is 5.97. The average molecular weight is 315 g/mol. The van der Waals surface area contributed by atoms with Crippen molar-refractivity contribution in [2.45, 2.75) is 38.3 Å². The van der Waals surface area contributed by atoms with Gasteiger partial charge in [-0.3, -0.25) is 4.90 Å². The lowest BCUT2D eigenvalue weighted by molar-refractivity contribution is 0.111. The predicted octanol–water partition coefficient (Wildman–Crippen LogP) is 3.90. The summed E-state index contributed by atoms with van der Waals surface area (Å²) >= 11 is 6.00. The number of rotatable bonds is 3. The van der Waals surface area contributed by atoms with E-state index in [0.29, 0.717) is 6.04 Å². The SMILES string of the molecule is CCC(c1ccc(Cl)cc1)N1CCC2NCCC2C1.Cl. The molecule has 0 radical (unpaired) electrons. The molecule has 2 aliphatic rings. The second-order valence-corrected chi connectivity index (χ2v) is 6.31. The summed E-state index contributed by atoms with van der Waals surface area (Å²) in [5.74, 6) is 0.857. The van der Waals surface area contributed by atoms with E-state index in [9.17, 15) is 0 Å². The molecule has 2 fully saturated rings. The molecule has 3 rings (SSSR count). The number of nitrogens with zero attached hydrogens (tertiary/aromatic N) is 1. The highest BCUT2D eigenvalue weighted by atomic mass is 35.5. The number of hydrogen-bond donors (Lipinski definition) is 1. The van der Waals surface area contributed by atoms with Gasteiger partial charge in [0.05, 0.1) is 0 Å². The van der Waals surface area contributed by atoms with Crippen molar-refractivity contribution in [3.63, 3.8) is 0 Å². The topological polar surface area (TPSA) is 15.3 Å². The molecule has 0 aliphatic carbocycles. The minimum absolute atomic E-state index is 0. The molecule has 1 aromatic carbocycles. The summed E-state index contributed by atoms with van der Waals surface area (Å²) in [6.07, 6.45) is 3.82. The van der Waals surface area contributed by atoms with E-state index < -0.39 is 0 Å². The zero-order valence-electron chi connectivity index (χ0n) is 12.0. The molecule has 2 saturated heterocycles. The molecule has 0 bridgehead atoms. The fourth-order valence-corrected chi connectivity index (χ4v) is 3.87. The highest BCUT2D eigenvalue weighted by Crippen LogP contribution is 2.32. The molecule has 1 aromatic rings. The summed E-state index contributed by atoms with van der Waals surface area (Å²) < 4.78 is 0. The zero-order chi connectivity index (χ0) is 13.2. The van der Waals surface area contributed by atoms with E-state index in [0.717, 1.165) is 17.0 Å². The first-order valence-corrected chi connectivity index (χ1v) is 7.88. The quantitative estimate of drug-likeness (QED) is 0.910. The Morgan fingerprint density at radius 1 is 1.30 bits per heavy atom. The van der Waals surface area contributed by atoms with E-state index in [4.69, 9.17) is 11.6 Å². The van der Waals surface area contributed by atoms with Gasteiger partial charge in [0.2, 0.25) is 0 Å². The fourth-order valence-electron chi connectivity index (χ4n) is 3.75. The summed E-state index contributed by atoms with van der Waals surface area (Å²) in [5, 5.41) is 4.47. The smallest absolute Gasteiger partial charge is 0.0406 e. The Balaban J connectivity index is 0.00000147. The van der Waals surface area contributed by atoms with E-state index in [2.05, 4.69) is 29.3 Å². The van der Waals surface area contributed by atoms with Crippen molar-refractivity contribution >= 4 is 24.0 Å². The number of benzene rings is 1. The van der Waals surface area contributed by atoms with E-state index in [1.54, 1.807) is 0 Å². The van der Waals surface area contributed by atoms with Gasteiger partial charge in [0.25, 0.3) is 0 Å². The Morgan fingerprint density at radius 3 is 2.75 bits per heavy atom. The van der Waals surface area contributed by atoms with Crippen LogP contribution in [0.4, 0.5) is 0 Å². The Labute approximate surface area is 133 Å². The Bertz CT molecular complexity index is 421. The van der Waals surface area contributed by atoms with Crippen molar-refractivity contribution in [2.75, 3.05) is 19.6 Å². The van der Waals surface area contributed by atoms with Gasteiger partial charge in [0, 0.05) is 30.2 Å². The molecule has 0 aromatic heterocycles. The predicted molar refractivity (Wildman–Crippen MR) is 87.8 cm³/mol. The van der Waals surface area contributed by atoms with E-state index >= 15 is 0 Å². The minimum atomic E-state index is 0. The van der Waals surface area contributed by atoms with Crippen LogP contribution in [0, 0.1) is 5.92 Å². The molecule has 112 valence electrons. The summed E-state index contributed by atoms with van der Waals surface area (Å²) in [7, 11) is 0. The van der Waals surface area contributed by atoms with Gasteiger partial charge in [-0.05, 0) is 49.4 Å². The molecule has 2 nitrogen and oxygen atoms in total. The Kier molecular flexibility index (Phi) is 5.74. The van der Waals surface area contributed by atoms with Crippen LogP contribution in [0.3, 0.4) is 0 Å². The van der Waals surface area contributed by atoms with Crippen LogP contribution in [0.2, 0.25) is 5.02 Å². The first kappa shape index (κ1) is 16.1. The molecule has 4 heteroatoms. The molecule has 1 N–H and O–H groups in total. The second-order valence-electron chi connectivity index (χ2n) is 5.87. The van der Waals surface area contributed by atoms with E-state index in [1.807, 2.05) is 12.1 Å². The van der Waals surface area contributed by atoms with Crippen LogP contribution >= 0.6 is 24.0 Å². The van der Waals surface area contributed by atoms with Crippen LogP contribution in [-0.4, -0.2) is 30.6 Å². The fraction of sp³-hybridized carbons (Fsp3) is 0.625. The van der Waals surface area contributed by atoms with E-state index in [1.165, 1.54) is 44.5 Å². The van der Waals surface area contributed by atoms with Crippen LogP contribution in [-0.2, 0) is 0 Å². The second kappa shape index (κ2) is 7.13. The van der Waals surface area contributed by atoms with Gasteiger partial charge in [0.15, 0.2) is 0 Å². The number of nitrogens with one attached hydrogen (secondary N) is 1. The highest BCUT2D eigenvalue weighted by Gasteiger charge is 2.34. The van der Waals surface area contributed by atoms with Gasteiger partial charge in [0.1, 0.15) is 0 Å². The van der Waals surface area contributed by atoms with Crippen LogP contribution in [0.5, 0.6) is 0 Å². The number of piperidine rings is 1. The number of fused-ring (bicyclic) bond motifs is 1. The maximum absolute atomic E-state index is 6.00. The molecule has 0 saturated carbocycles. The molecule has 2 heterocycles. The lowest BCUT2D eigenvalue weighted by Gasteiger charge is -2.39. The van der Waals surface area contributed by atoms with Crippen molar-refractivity contribution in [3.05, 3.63) is 34.9 Å². The summed E-state index contributed by atoms with van der Waals surface area (Å²) in [6, 6.07) is 9.75. The molecule has 3 atom stereocenters. The first-order chi connectivity index (χ1) is 9.28. The zero-order valence-corrected chi connectivity index (χ0v) is 13.6. The van der Waals surface area contributed by atoms with Crippen LogP contribution in [0.1, 0.15) is 37.8 Å². The average Bonchev–Trinajstić information content (AvgIpc) is 2.89. The van der Waals surface area contributed by atoms with Gasteiger partial charge < -0.3 is 5.32 Å². The van der Waals surface area contributed by atoms with Crippen LogP contribution < -0.4 is 5.32 Å². The molecule has 0 amide bonds. The third kappa shape index (κ3) is 3.30. The molecular weight excluding hydrogens is 291 g/mol. The highest BCUT2D eigenvalue weighted by molar-refractivity contribution is 6.30. The van der Waals surface area contributed by atoms with Crippen LogP contribution in [0.25, 0.3) is 0 Å². The van der Waals surface area contributed by atoms with Crippen molar-refractivity contribution < 1.29 is 0 Å². The molecule has 2 aliphatic heterocycles. The molecule has 0 spiro atoms. The maximum Gasteiger partial charge on any atom is 0.0406 e. The lowest BCUT2D eigenvalue weighted by Crippen LogP contribution is -2.45. The normalized spacial score (nSPS) is 27.7. The van der Waals surface area contributed by atoms with Gasteiger partial charge in [-0.2, -0.15) is 0 Å². The number of hydrogen-bond acceptors (Lipinski definition) is 2. The monoisotopic (exact) mass is 314 g/mol. The summed E-state index contributed by atoms with van der Waals surface area (Å²) in [4.78, 5) is 2.68. The van der Waals surface area contributed by atoms with Crippen molar-refractivity contribution in [2.24, 2.45) is 5.92 Å². The molecule has 20 heavy (non-hydrogen) atoms. The van der Waals surface area contributed by atoms with Crippen LogP contribution in [0.15, 0.2) is 24.3 Å². The van der Waals surface area contributed by atoms with Gasteiger partial charge >= 0.3 is 0 Å².